The molecule has 2 N–H and O–H groups in total. The average molecular weight is 351 g/mol. The summed E-state index contributed by atoms with van der Waals surface area (Å²) in [5, 5.41) is 10.0. The number of benzene rings is 2. The van der Waals surface area contributed by atoms with Gasteiger partial charge >= 0.3 is 0 Å². The van der Waals surface area contributed by atoms with Crippen LogP contribution in [0.25, 0.3) is 11.1 Å². The Kier molecular flexibility index (Phi) is 4.76. The van der Waals surface area contributed by atoms with Gasteiger partial charge in [0.2, 0.25) is 0 Å². The van der Waals surface area contributed by atoms with Crippen LogP contribution in [0.15, 0.2) is 42.5 Å². The minimum Gasteiger partial charge on any atom is -0.497 e. The molecule has 0 heterocycles. The molecule has 1 saturated carbocycles. The van der Waals surface area contributed by atoms with Crippen molar-refractivity contribution in [3.8, 4) is 16.9 Å². The molecule has 2 aliphatic rings. The molecule has 138 valence electrons. The van der Waals surface area contributed by atoms with E-state index in [0.717, 1.165) is 18.6 Å². The van der Waals surface area contributed by atoms with Crippen molar-refractivity contribution in [2.75, 3.05) is 7.11 Å². The van der Waals surface area contributed by atoms with E-state index in [2.05, 4.69) is 54.9 Å². The van der Waals surface area contributed by atoms with Crippen molar-refractivity contribution in [2.45, 2.75) is 56.9 Å². The largest absolute Gasteiger partial charge is 0.497 e. The van der Waals surface area contributed by atoms with Gasteiger partial charge in [-0.15, -0.1) is 0 Å². The maximum Gasteiger partial charge on any atom is 0.119 e. The molecule has 0 saturated heterocycles. The quantitative estimate of drug-likeness (QED) is 0.756. The summed E-state index contributed by atoms with van der Waals surface area (Å²) in [6.07, 6.45) is 7.03. The van der Waals surface area contributed by atoms with Crippen LogP contribution in [0.3, 0.4) is 0 Å². The van der Waals surface area contributed by atoms with Crippen LogP contribution < -0.4 is 10.2 Å². The third-order valence-corrected chi connectivity index (χ3v) is 6.69. The third kappa shape index (κ3) is 2.83. The van der Waals surface area contributed by atoms with Crippen LogP contribution >= 0.6 is 0 Å². The van der Waals surface area contributed by atoms with E-state index < -0.39 is 0 Å². The van der Waals surface area contributed by atoms with Gasteiger partial charge in [-0.1, -0.05) is 56.5 Å². The smallest absolute Gasteiger partial charge is 0.119 e. The maximum absolute atomic E-state index is 10.0. The summed E-state index contributed by atoms with van der Waals surface area (Å²) in [7, 11) is 1.74. The first-order chi connectivity index (χ1) is 12.7. The van der Waals surface area contributed by atoms with Crippen molar-refractivity contribution in [2.24, 2.45) is 5.92 Å². The molecule has 2 aromatic rings. The summed E-state index contributed by atoms with van der Waals surface area (Å²) in [4.78, 5) is 0. The average Bonchev–Trinajstić information content (AvgIpc) is 2.67. The Morgan fingerprint density at radius 2 is 1.92 bits per heavy atom. The van der Waals surface area contributed by atoms with E-state index in [1.165, 1.54) is 47.9 Å². The van der Waals surface area contributed by atoms with Crippen LogP contribution in [0.1, 0.15) is 50.2 Å². The van der Waals surface area contributed by atoms with Crippen molar-refractivity contribution >= 4 is 0 Å². The van der Waals surface area contributed by atoms with Crippen molar-refractivity contribution < 1.29 is 9.94 Å². The summed E-state index contributed by atoms with van der Waals surface area (Å²) in [5.41, 5.74) is 7.96. The van der Waals surface area contributed by atoms with Gasteiger partial charge in [0.25, 0.3) is 0 Å². The standard InChI is InChI=1S/C23H29NO2/c1-23-12-8-4-7-11-17(22(23)24-25)13-20-19(16-9-5-3-6-10-16)14-18(26-2)15-21(20)23/h3,5-6,9-10,14-15,17,22,24-25H,4,7-8,11-13H2,1-2H3. The molecule has 0 radical (unpaired) electrons. The monoisotopic (exact) mass is 351 g/mol. The predicted molar refractivity (Wildman–Crippen MR) is 105 cm³/mol. The number of hydrogen-bond donors (Lipinski definition) is 2. The topological polar surface area (TPSA) is 41.5 Å². The van der Waals surface area contributed by atoms with Crippen LogP contribution in [0.4, 0.5) is 0 Å². The van der Waals surface area contributed by atoms with E-state index in [0.29, 0.717) is 5.92 Å². The van der Waals surface area contributed by atoms with E-state index in [4.69, 9.17) is 4.74 Å². The summed E-state index contributed by atoms with van der Waals surface area (Å²) in [5.74, 6) is 1.37. The molecule has 26 heavy (non-hydrogen) atoms. The Balaban J connectivity index is 1.95. The first-order valence-electron chi connectivity index (χ1n) is 9.84. The van der Waals surface area contributed by atoms with Crippen molar-refractivity contribution in [1.82, 2.24) is 5.48 Å². The molecule has 0 amide bonds. The van der Waals surface area contributed by atoms with Crippen LogP contribution in [0.5, 0.6) is 5.75 Å². The predicted octanol–water partition coefficient (Wildman–Crippen LogP) is 5.10. The molecule has 4 rings (SSSR count). The molecule has 3 heteroatoms. The van der Waals surface area contributed by atoms with Crippen molar-refractivity contribution in [1.29, 1.82) is 0 Å². The number of hydrogen-bond acceptors (Lipinski definition) is 3. The SMILES string of the molecule is COc1cc(-c2ccccc2)c2c(c1)C1(C)CCCCCC(C2)C1NO. The molecule has 2 aliphatic carbocycles. The van der Waals surface area contributed by atoms with Gasteiger partial charge in [0, 0.05) is 11.5 Å². The van der Waals surface area contributed by atoms with E-state index >= 15 is 0 Å². The summed E-state index contributed by atoms with van der Waals surface area (Å²) in [6, 6.07) is 15.1. The Bertz CT molecular complexity index is 773. The zero-order valence-corrected chi connectivity index (χ0v) is 15.8. The highest BCUT2D eigenvalue weighted by atomic mass is 16.5. The first-order valence-corrected chi connectivity index (χ1v) is 9.84. The van der Waals surface area contributed by atoms with Crippen molar-refractivity contribution in [3.05, 3.63) is 53.6 Å². The van der Waals surface area contributed by atoms with Gasteiger partial charge in [-0.05, 0) is 59.6 Å². The lowest BCUT2D eigenvalue weighted by atomic mass is 9.59. The Morgan fingerprint density at radius 1 is 1.12 bits per heavy atom. The second-order valence-corrected chi connectivity index (χ2v) is 8.15. The lowest BCUT2D eigenvalue weighted by Crippen LogP contribution is -2.54. The number of rotatable bonds is 3. The number of hydroxylamine groups is 1. The van der Waals surface area contributed by atoms with E-state index in [1.807, 2.05) is 0 Å². The molecular weight excluding hydrogens is 322 g/mol. The third-order valence-electron chi connectivity index (χ3n) is 6.69. The van der Waals surface area contributed by atoms with Crippen LogP contribution in [0, 0.1) is 5.92 Å². The normalized spacial score (nSPS) is 28.0. The molecule has 3 atom stereocenters. The van der Waals surface area contributed by atoms with Gasteiger partial charge in [-0.2, -0.15) is 0 Å². The number of ether oxygens (including phenoxy) is 1. The fraction of sp³-hybridized carbons (Fsp3) is 0.478. The van der Waals surface area contributed by atoms with Gasteiger partial charge in [-0.25, -0.2) is 5.48 Å². The molecule has 2 aromatic carbocycles. The second kappa shape index (κ2) is 7.05. The summed E-state index contributed by atoms with van der Waals surface area (Å²) in [6.45, 7) is 2.32. The summed E-state index contributed by atoms with van der Waals surface area (Å²) < 4.78 is 5.67. The lowest BCUT2D eigenvalue weighted by molar-refractivity contribution is 0.0353. The van der Waals surface area contributed by atoms with E-state index in [-0.39, 0.29) is 11.5 Å². The van der Waals surface area contributed by atoms with Gasteiger partial charge in [0.1, 0.15) is 5.75 Å². The minimum atomic E-state index is -0.0779. The Morgan fingerprint density at radius 3 is 2.65 bits per heavy atom. The van der Waals surface area contributed by atoms with Gasteiger partial charge in [0.15, 0.2) is 0 Å². The molecule has 0 spiro atoms. The molecule has 0 aliphatic heterocycles. The van der Waals surface area contributed by atoms with Crippen LogP contribution in [-0.2, 0) is 11.8 Å². The van der Waals surface area contributed by atoms with Crippen molar-refractivity contribution in [3.63, 3.8) is 0 Å². The van der Waals surface area contributed by atoms with Gasteiger partial charge < -0.3 is 9.94 Å². The molecule has 1 fully saturated rings. The van der Waals surface area contributed by atoms with Crippen LogP contribution in [0.2, 0.25) is 0 Å². The maximum atomic E-state index is 10.0. The number of methoxy groups -OCH3 is 1. The molecule has 3 nitrogen and oxygen atoms in total. The number of fused-ring (bicyclic) bond motifs is 4. The van der Waals surface area contributed by atoms with Gasteiger partial charge in [0.05, 0.1) is 7.11 Å². The molecule has 2 bridgehead atoms. The van der Waals surface area contributed by atoms with E-state index in [1.54, 1.807) is 7.11 Å². The Hall–Kier alpha value is -1.84. The molecule has 0 aromatic heterocycles. The fourth-order valence-electron chi connectivity index (χ4n) is 5.32. The lowest BCUT2D eigenvalue weighted by Gasteiger charge is -2.49. The molecular formula is C23H29NO2. The zero-order chi connectivity index (χ0) is 18.1. The summed E-state index contributed by atoms with van der Waals surface area (Å²) >= 11 is 0. The Labute approximate surface area is 156 Å². The number of nitrogens with one attached hydrogen (secondary N) is 1. The highest BCUT2D eigenvalue weighted by Gasteiger charge is 2.46. The highest BCUT2D eigenvalue weighted by molar-refractivity contribution is 5.72. The highest BCUT2D eigenvalue weighted by Crippen LogP contribution is 2.49. The fourth-order valence-corrected chi connectivity index (χ4v) is 5.32. The van der Waals surface area contributed by atoms with Crippen LogP contribution in [-0.4, -0.2) is 18.4 Å². The second-order valence-electron chi connectivity index (χ2n) is 8.15. The molecule has 3 unspecified atom stereocenters. The van der Waals surface area contributed by atoms with Gasteiger partial charge in [-0.3, -0.25) is 0 Å². The first kappa shape index (κ1) is 17.6. The minimum absolute atomic E-state index is 0.0779. The zero-order valence-electron chi connectivity index (χ0n) is 15.8. The van der Waals surface area contributed by atoms with E-state index in [9.17, 15) is 5.21 Å².